The quantitative estimate of drug-likeness (QED) is 0.553. The zero-order valence-electron chi connectivity index (χ0n) is 11.9. The van der Waals surface area contributed by atoms with E-state index >= 15 is 0 Å². The molecule has 2 heterocycles. The largest absolute Gasteiger partial charge is 0.348 e. The predicted octanol–water partition coefficient (Wildman–Crippen LogP) is -0.263. The standard InChI is InChI=1S/C12H20N6O2S/c1-2-13-5-6-18-9-12(8-16-18)21(19,20)17-4-3-11-7-14-10-15-11/h7-10,13,17H,2-6H2,1H3,(H,14,15). The summed E-state index contributed by atoms with van der Waals surface area (Å²) in [5.41, 5.74) is 0.888. The van der Waals surface area contributed by atoms with E-state index in [1.165, 1.54) is 12.4 Å². The summed E-state index contributed by atoms with van der Waals surface area (Å²) in [6.07, 6.45) is 6.71. The third kappa shape index (κ3) is 4.66. The molecule has 9 heteroatoms. The second-order valence-electron chi connectivity index (χ2n) is 4.52. The van der Waals surface area contributed by atoms with Crippen molar-refractivity contribution in [2.24, 2.45) is 0 Å². The molecule has 21 heavy (non-hydrogen) atoms. The molecular formula is C12H20N6O2S. The van der Waals surface area contributed by atoms with E-state index < -0.39 is 10.0 Å². The van der Waals surface area contributed by atoms with Crippen LogP contribution in [0.5, 0.6) is 0 Å². The number of H-pyrrole nitrogens is 1. The monoisotopic (exact) mass is 312 g/mol. The predicted molar refractivity (Wildman–Crippen MR) is 78.3 cm³/mol. The van der Waals surface area contributed by atoms with Gasteiger partial charge in [-0.15, -0.1) is 0 Å². The lowest BCUT2D eigenvalue weighted by molar-refractivity contribution is 0.562. The third-order valence-corrected chi connectivity index (χ3v) is 4.34. The second kappa shape index (κ2) is 7.34. The van der Waals surface area contributed by atoms with Crippen molar-refractivity contribution >= 4 is 10.0 Å². The van der Waals surface area contributed by atoms with Crippen molar-refractivity contribution in [3.05, 3.63) is 30.6 Å². The van der Waals surface area contributed by atoms with Gasteiger partial charge in [-0.1, -0.05) is 6.92 Å². The van der Waals surface area contributed by atoms with Gasteiger partial charge in [-0.2, -0.15) is 5.10 Å². The highest BCUT2D eigenvalue weighted by molar-refractivity contribution is 7.89. The SMILES string of the molecule is CCNCCn1cc(S(=O)(=O)NCCc2cnc[nH]2)cn1. The van der Waals surface area contributed by atoms with Crippen molar-refractivity contribution in [3.63, 3.8) is 0 Å². The Kier molecular flexibility index (Phi) is 5.48. The van der Waals surface area contributed by atoms with Gasteiger partial charge in [0, 0.05) is 37.6 Å². The summed E-state index contributed by atoms with van der Waals surface area (Å²) < 4.78 is 28.4. The number of imidazole rings is 1. The molecule has 0 saturated carbocycles. The van der Waals surface area contributed by atoms with Crippen LogP contribution in [0, 0.1) is 0 Å². The molecule has 2 aromatic rings. The molecule has 0 aliphatic carbocycles. The molecule has 2 rings (SSSR count). The van der Waals surface area contributed by atoms with Crippen LogP contribution in [-0.2, 0) is 23.0 Å². The van der Waals surface area contributed by atoms with E-state index in [0.717, 1.165) is 18.8 Å². The van der Waals surface area contributed by atoms with Crippen LogP contribution in [0.15, 0.2) is 29.8 Å². The topological polar surface area (TPSA) is 105 Å². The molecule has 8 nitrogen and oxygen atoms in total. The van der Waals surface area contributed by atoms with Crippen LogP contribution >= 0.6 is 0 Å². The van der Waals surface area contributed by atoms with Crippen molar-refractivity contribution in [2.75, 3.05) is 19.6 Å². The number of sulfonamides is 1. The van der Waals surface area contributed by atoms with Crippen LogP contribution in [0.4, 0.5) is 0 Å². The van der Waals surface area contributed by atoms with Crippen LogP contribution < -0.4 is 10.0 Å². The fourth-order valence-electron chi connectivity index (χ4n) is 1.80. The molecule has 0 aromatic carbocycles. The normalized spacial score (nSPS) is 11.9. The highest BCUT2D eigenvalue weighted by Gasteiger charge is 2.15. The van der Waals surface area contributed by atoms with Crippen molar-refractivity contribution in [2.45, 2.75) is 24.8 Å². The molecule has 0 fully saturated rings. The Labute approximate surface area is 124 Å². The third-order valence-electron chi connectivity index (χ3n) is 2.93. The van der Waals surface area contributed by atoms with Gasteiger partial charge in [-0.05, 0) is 6.54 Å². The van der Waals surface area contributed by atoms with E-state index in [-0.39, 0.29) is 4.90 Å². The summed E-state index contributed by atoms with van der Waals surface area (Å²) in [5.74, 6) is 0. The number of aromatic amines is 1. The van der Waals surface area contributed by atoms with Crippen molar-refractivity contribution in [3.8, 4) is 0 Å². The average Bonchev–Trinajstić information content (AvgIpc) is 3.10. The van der Waals surface area contributed by atoms with Gasteiger partial charge in [0.05, 0.1) is 19.1 Å². The first-order valence-electron chi connectivity index (χ1n) is 6.82. The number of nitrogens with one attached hydrogen (secondary N) is 3. The van der Waals surface area contributed by atoms with Gasteiger partial charge in [-0.3, -0.25) is 4.68 Å². The number of nitrogens with zero attached hydrogens (tertiary/aromatic N) is 3. The maximum atomic E-state index is 12.1. The molecule has 0 saturated heterocycles. The van der Waals surface area contributed by atoms with Crippen LogP contribution in [-0.4, -0.2) is 47.8 Å². The number of hydrogen-bond donors (Lipinski definition) is 3. The Bertz CT molecular complexity index is 635. The van der Waals surface area contributed by atoms with E-state index in [4.69, 9.17) is 0 Å². The van der Waals surface area contributed by atoms with Crippen LogP contribution in [0.1, 0.15) is 12.6 Å². The van der Waals surface area contributed by atoms with Gasteiger partial charge in [-0.25, -0.2) is 18.1 Å². The molecular weight excluding hydrogens is 292 g/mol. The number of aromatic nitrogens is 4. The lowest BCUT2D eigenvalue weighted by Gasteiger charge is -2.04. The van der Waals surface area contributed by atoms with Crippen LogP contribution in [0.3, 0.4) is 0 Å². The molecule has 0 amide bonds. The molecule has 0 aliphatic heterocycles. The van der Waals surface area contributed by atoms with Crippen LogP contribution in [0.25, 0.3) is 0 Å². The minimum atomic E-state index is -3.51. The summed E-state index contributed by atoms with van der Waals surface area (Å²) in [5, 5.41) is 7.21. The Morgan fingerprint density at radius 1 is 1.33 bits per heavy atom. The maximum Gasteiger partial charge on any atom is 0.243 e. The molecule has 0 unspecified atom stereocenters. The Morgan fingerprint density at radius 2 is 2.19 bits per heavy atom. The average molecular weight is 312 g/mol. The van der Waals surface area contributed by atoms with E-state index in [1.54, 1.807) is 17.2 Å². The molecule has 0 radical (unpaired) electrons. The summed E-state index contributed by atoms with van der Waals surface area (Å²) in [4.78, 5) is 6.99. The van der Waals surface area contributed by atoms with E-state index in [0.29, 0.717) is 19.5 Å². The number of likely N-dealkylation sites (N-methyl/N-ethyl adjacent to an activating group) is 1. The minimum Gasteiger partial charge on any atom is -0.348 e. The zero-order chi connectivity index (χ0) is 15.1. The van der Waals surface area contributed by atoms with Gasteiger partial charge in [0.25, 0.3) is 0 Å². The first-order chi connectivity index (χ1) is 10.1. The highest BCUT2D eigenvalue weighted by Crippen LogP contribution is 2.06. The van der Waals surface area contributed by atoms with Crippen LogP contribution in [0.2, 0.25) is 0 Å². The molecule has 116 valence electrons. The molecule has 2 aromatic heterocycles. The van der Waals surface area contributed by atoms with Gasteiger partial charge < -0.3 is 10.3 Å². The van der Waals surface area contributed by atoms with E-state index in [1.807, 2.05) is 6.92 Å². The lowest BCUT2D eigenvalue weighted by Crippen LogP contribution is -2.25. The van der Waals surface area contributed by atoms with Gasteiger partial charge in [0.2, 0.25) is 10.0 Å². The Hall–Kier alpha value is -1.71. The summed E-state index contributed by atoms with van der Waals surface area (Å²) in [7, 11) is -3.51. The fourth-order valence-corrected chi connectivity index (χ4v) is 2.78. The Morgan fingerprint density at radius 3 is 2.90 bits per heavy atom. The molecule has 0 atom stereocenters. The first-order valence-corrected chi connectivity index (χ1v) is 8.30. The fraction of sp³-hybridized carbons (Fsp3) is 0.500. The summed E-state index contributed by atoms with van der Waals surface area (Å²) >= 11 is 0. The summed E-state index contributed by atoms with van der Waals surface area (Å²) in [6, 6.07) is 0. The summed E-state index contributed by atoms with van der Waals surface area (Å²) in [6.45, 7) is 4.60. The smallest absolute Gasteiger partial charge is 0.243 e. The van der Waals surface area contributed by atoms with Gasteiger partial charge >= 0.3 is 0 Å². The molecule has 0 aliphatic rings. The molecule has 0 spiro atoms. The molecule has 3 N–H and O–H groups in total. The van der Waals surface area contributed by atoms with Gasteiger partial charge in [0.15, 0.2) is 0 Å². The van der Waals surface area contributed by atoms with Crippen molar-refractivity contribution < 1.29 is 8.42 Å². The van der Waals surface area contributed by atoms with E-state index in [2.05, 4.69) is 25.1 Å². The Balaban J connectivity index is 1.86. The molecule has 0 bridgehead atoms. The second-order valence-corrected chi connectivity index (χ2v) is 6.28. The number of rotatable bonds is 9. The zero-order valence-corrected chi connectivity index (χ0v) is 12.7. The first kappa shape index (κ1) is 15.7. The minimum absolute atomic E-state index is 0.184. The maximum absolute atomic E-state index is 12.1. The lowest BCUT2D eigenvalue weighted by atomic mass is 10.3. The van der Waals surface area contributed by atoms with Crippen molar-refractivity contribution in [1.82, 2.24) is 29.8 Å². The highest BCUT2D eigenvalue weighted by atomic mass is 32.2. The number of hydrogen-bond acceptors (Lipinski definition) is 5. The van der Waals surface area contributed by atoms with Gasteiger partial charge in [0.1, 0.15) is 4.90 Å². The van der Waals surface area contributed by atoms with E-state index in [9.17, 15) is 8.42 Å². The van der Waals surface area contributed by atoms with Crippen molar-refractivity contribution in [1.29, 1.82) is 0 Å².